The van der Waals surface area contributed by atoms with E-state index in [4.69, 9.17) is 9.47 Å². The quantitative estimate of drug-likeness (QED) is 0.816. The van der Waals surface area contributed by atoms with E-state index in [1.807, 2.05) is 20.0 Å². The molecular weight excluding hydrogens is 244 g/mol. The second kappa shape index (κ2) is 6.68. The van der Waals surface area contributed by atoms with Crippen molar-refractivity contribution < 1.29 is 9.47 Å². The van der Waals surface area contributed by atoms with Crippen molar-refractivity contribution in [1.29, 1.82) is 0 Å². The van der Waals surface area contributed by atoms with E-state index < -0.39 is 0 Å². The van der Waals surface area contributed by atoms with Crippen LogP contribution < -0.4 is 10.6 Å². The zero-order chi connectivity index (χ0) is 13.7. The molecule has 1 aliphatic rings. The molecule has 0 aromatic carbocycles. The Morgan fingerprint density at radius 1 is 1.42 bits per heavy atom. The highest BCUT2D eigenvalue weighted by molar-refractivity contribution is 5.48. The van der Waals surface area contributed by atoms with E-state index in [9.17, 15) is 0 Å². The van der Waals surface area contributed by atoms with E-state index in [1.165, 1.54) is 0 Å². The molecule has 1 aromatic rings. The van der Waals surface area contributed by atoms with E-state index in [2.05, 4.69) is 27.5 Å². The lowest BCUT2D eigenvalue weighted by Gasteiger charge is -2.17. The van der Waals surface area contributed by atoms with Crippen molar-refractivity contribution in [3.05, 3.63) is 11.9 Å². The van der Waals surface area contributed by atoms with Crippen molar-refractivity contribution in [3.8, 4) is 0 Å². The minimum Gasteiger partial charge on any atom is -0.376 e. The molecule has 0 spiro atoms. The lowest BCUT2D eigenvalue weighted by atomic mass is 10.1. The van der Waals surface area contributed by atoms with Crippen LogP contribution in [-0.2, 0) is 16.1 Å². The van der Waals surface area contributed by atoms with Gasteiger partial charge in [0.25, 0.3) is 0 Å². The van der Waals surface area contributed by atoms with Crippen molar-refractivity contribution in [2.45, 2.75) is 39.0 Å². The summed E-state index contributed by atoms with van der Waals surface area (Å²) in [6.45, 7) is 5.92. The summed E-state index contributed by atoms with van der Waals surface area (Å²) in [5, 5.41) is 6.45. The van der Waals surface area contributed by atoms with E-state index in [1.54, 1.807) is 0 Å². The third-order valence-electron chi connectivity index (χ3n) is 3.17. The zero-order valence-corrected chi connectivity index (χ0v) is 11.8. The molecule has 2 N–H and O–H groups in total. The highest BCUT2D eigenvalue weighted by atomic mass is 16.5. The molecule has 6 heteroatoms. The van der Waals surface area contributed by atoms with Crippen molar-refractivity contribution >= 4 is 11.6 Å². The number of anilines is 2. The average molecular weight is 266 g/mol. The van der Waals surface area contributed by atoms with Crippen LogP contribution in [-0.4, -0.2) is 42.4 Å². The van der Waals surface area contributed by atoms with Crippen LogP contribution in [0.3, 0.4) is 0 Å². The molecular formula is C13H22N4O2. The van der Waals surface area contributed by atoms with Crippen molar-refractivity contribution in [1.82, 2.24) is 9.97 Å². The van der Waals surface area contributed by atoms with Gasteiger partial charge in [-0.05, 0) is 20.3 Å². The van der Waals surface area contributed by atoms with Crippen molar-refractivity contribution in [2.75, 3.05) is 30.9 Å². The molecule has 2 unspecified atom stereocenters. The van der Waals surface area contributed by atoms with Gasteiger partial charge in [0.15, 0.2) is 5.82 Å². The second-order valence-electron chi connectivity index (χ2n) is 4.56. The molecule has 2 rings (SSSR count). The lowest BCUT2D eigenvalue weighted by molar-refractivity contribution is 0.121. The van der Waals surface area contributed by atoms with Gasteiger partial charge in [-0.3, -0.25) is 0 Å². The molecule has 6 nitrogen and oxygen atoms in total. The summed E-state index contributed by atoms with van der Waals surface area (Å²) >= 11 is 0. The van der Waals surface area contributed by atoms with Crippen LogP contribution in [0.4, 0.5) is 11.6 Å². The van der Waals surface area contributed by atoms with Gasteiger partial charge in [-0.1, -0.05) is 0 Å². The summed E-state index contributed by atoms with van der Waals surface area (Å²) in [4.78, 5) is 8.84. The Bertz CT molecular complexity index is 414. The molecule has 106 valence electrons. The number of nitrogens with one attached hydrogen (secondary N) is 2. The van der Waals surface area contributed by atoms with Gasteiger partial charge in [-0.2, -0.15) is 0 Å². The third kappa shape index (κ3) is 3.78. The van der Waals surface area contributed by atoms with E-state index >= 15 is 0 Å². The molecule has 2 heterocycles. The van der Waals surface area contributed by atoms with Crippen LogP contribution in [0.15, 0.2) is 6.07 Å². The molecule has 2 atom stereocenters. The molecule has 1 aromatic heterocycles. The smallest absolute Gasteiger partial charge is 0.158 e. The molecule has 0 saturated carbocycles. The van der Waals surface area contributed by atoms with E-state index in [0.29, 0.717) is 25.1 Å². The SMILES string of the molecule is CCOCc1nc(NC)cc(NC2CCOC2C)n1. The fourth-order valence-electron chi connectivity index (χ4n) is 2.07. The van der Waals surface area contributed by atoms with Crippen LogP contribution in [0, 0.1) is 0 Å². The predicted octanol–water partition coefficient (Wildman–Crippen LogP) is 1.64. The largest absolute Gasteiger partial charge is 0.376 e. The third-order valence-corrected chi connectivity index (χ3v) is 3.17. The number of aromatic nitrogens is 2. The maximum atomic E-state index is 5.54. The Morgan fingerprint density at radius 3 is 2.84 bits per heavy atom. The Kier molecular flexibility index (Phi) is 4.93. The summed E-state index contributed by atoms with van der Waals surface area (Å²) < 4.78 is 10.9. The number of hydrogen-bond acceptors (Lipinski definition) is 6. The first-order valence-electron chi connectivity index (χ1n) is 6.74. The van der Waals surface area contributed by atoms with Crippen molar-refractivity contribution in [2.24, 2.45) is 0 Å². The van der Waals surface area contributed by atoms with Crippen LogP contribution >= 0.6 is 0 Å². The standard InChI is InChI=1S/C13H22N4O2/c1-4-18-8-13-16-11(14-3)7-12(17-13)15-10-5-6-19-9(10)2/h7,9-10H,4-6,8H2,1-3H3,(H2,14,15,16,17). The molecule has 0 aliphatic carbocycles. The fraction of sp³-hybridized carbons (Fsp3) is 0.692. The minimum atomic E-state index is 0.211. The van der Waals surface area contributed by atoms with Crippen LogP contribution in [0.2, 0.25) is 0 Å². The van der Waals surface area contributed by atoms with Gasteiger partial charge in [0, 0.05) is 26.3 Å². The minimum absolute atomic E-state index is 0.211. The molecule has 0 amide bonds. The Balaban J connectivity index is 2.09. The first kappa shape index (κ1) is 14.0. The molecule has 19 heavy (non-hydrogen) atoms. The van der Waals surface area contributed by atoms with Gasteiger partial charge in [0.2, 0.25) is 0 Å². The predicted molar refractivity (Wildman–Crippen MR) is 74.4 cm³/mol. The summed E-state index contributed by atoms with van der Waals surface area (Å²) in [6.07, 6.45) is 1.21. The summed E-state index contributed by atoms with van der Waals surface area (Å²) in [5.74, 6) is 2.29. The number of ether oxygens (including phenoxy) is 2. The molecule has 1 aliphatic heterocycles. The summed E-state index contributed by atoms with van der Waals surface area (Å²) in [6, 6.07) is 2.21. The normalized spacial score (nSPS) is 22.5. The monoisotopic (exact) mass is 266 g/mol. The molecule has 1 saturated heterocycles. The van der Waals surface area contributed by atoms with Gasteiger partial charge in [-0.15, -0.1) is 0 Å². The van der Waals surface area contributed by atoms with Crippen LogP contribution in [0.1, 0.15) is 26.1 Å². The van der Waals surface area contributed by atoms with Gasteiger partial charge < -0.3 is 20.1 Å². The number of hydrogen-bond donors (Lipinski definition) is 2. The maximum Gasteiger partial charge on any atom is 0.158 e. The first-order chi connectivity index (χ1) is 9.22. The van der Waals surface area contributed by atoms with Crippen LogP contribution in [0.5, 0.6) is 0 Å². The molecule has 0 bridgehead atoms. The van der Waals surface area contributed by atoms with E-state index in [-0.39, 0.29) is 6.10 Å². The average Bonchev–Trinajstić information content (AvgIpc) is 2.81. The van der Waals surface area contributed by atoms with Crippen LogP contribution in [0.25, 0.3) is 0 Å². The van der Waals surface area contributed by atoms with E-state index in [0.717, 1.165) is 24.7 Å². The van der Waals surface area contributed by atoms with Gasteiger partial charge >= 0.3 is 0 Å². The highest BCUT2D eigenvalue weighted by Crippen LogP contribution is 2.19. The number of rotatable bonds is 6. The van der Waals surface area contributed by atoms with Gasteiger partial charge in [-0.25, -0.2) is 9.97 Å². The zero-order valence-electron chi connectivity index (χ0n) is 11.8. The summed E-state index contributed by atoms with van der Waals surface area (Å²) in [5.41, 5.74) is 0. The van der Waals surface area contributed by atoms with Gasteiger partial charge in [0.05, 0.1) is 12.1 Å². The molecule has 0 radical (unpaired) electrons. The van der Waals surface area contributed by atoms with Crippen molar-refractivity contribution in [3.63, 3.8) is 0 Å². The highest BCUT2D eigenvalue weighted by Gasteiger charge is 2.24. The second-order valence-corrected chi connectivity index (χ2v) is 4.56. The Labute approximate surface area is 113 Å². The van der Waals surface area contributed by atoms with Gasteiger partial charge in [0.1, 0.15) is 18.2 Å². The maximum absolute atomic E-state index is 5.54. The topological polar surface area (TPSA) is 68.3 Å². The summed E-state index contributed by atoms with van der Waals surface area (Å²) in [7, 11) is 1.85. The molecule has 1 fully saturated rings. The Hall–Kier alpha value is -1.40. The fourth-order valence-corrected chi connectivity index (χ4v) is 2.07. The Morgan fingerprint density at radius 2 is 2.21 bits per heavy atom. The first-order valence-corrected chi connectivity index (χ1v) is 6.74. The lowest BCUT2D eigenvalue weighted by Crippen LogP contribution is -2.27. The number of nitrogens with zero attached hydrogens (tertiary/aromatic N) is 2.